The Hall–Kier alpha value is -2.14. The Morgan fingerprint density at radius 3 is 2.20 bits per heavy atom. The molecule has 0 aliphatic rings. The fourth-order valence-electron chi connectivity index (χ4n) is 2.05. The highest BCUT2D eigenvalue weighted by Crippen LogP contribution is 2.28. The van der Waals surface area contributed by atoms with Crippen molar-refractivity contribution in [2.45, 2.75) is 20.8 Å². The van der Waals surface area contributed by atoms with Crippen LogP contribution in [0.4, 0.5) is 5.00 Å². The Labute approximate surface area is 121 Å². The van der Waals surface area contributed by atoms with Crippen molar-refractivity contribution in [2.24, 2.45) is 0 Å². The third-order valence-corrected chi connectivity index (χ3v) is 3.76. The Morgan fingerprint density at radius 2 is 1.65 bits per heavy atom. The van der Waals surface area contributed by atoms with E-state index in [0.717, 1.165) is 16.0 Å². The molecule has 1 aromatic heterocycles. The monoisotopic (exact) mass is 289 g/mol. The van der Waals surface area contributed by atoms with Crippen molar-refractivity contribution in [1.29, 1.82) is 0 Å². The molecule has 0 spiro atoms. The van der Waals surface area contributed by atoms with Gasteiger partial charge >= 0.3 is 5.97 Å². The van der Waals surface area contributed by atoms with Gasteiger partial charge < -0.3 is 10.4 Å². The van der Waals surface area contributed by atoms with Crippen LogP contribution in [0.1, 0.15) is 36.7 Å². The van der Waals surface area contributed by atoms with Gasteiger partial charge in [0.15, 0.2) is 0 Å². The van der Waals surface area contributed by atoms with Crippen molar-refractivity contribution in [3.63, 3.8) is 0 Å². The number of anilines is 1. The van der Waals surface area contributed by atoms with Crippen LogP contribution in [0.25, 0.3) is 0 Å². The molecule has 0 unspecified atom stereocenters. The lowest BCUT2D eigenvalue weighted by atomic mass is 10.1. The maximum atomic E-state index is 12.2. The summed E-state index contributed by atoms with van der Waals surface area (Å²) in [6.07, 6.45) is 0. The first-order valence-corrected chi connectivity index (χ1v) is 6.92. The van der Waals surface area contributed by atoms with E-state index in [0.29, 0.717) is 10.6 Å². The minimum atomic E-state index is -1.04. The Morgan fingerprint density at radius 1 is 1.05 bits per heavy atom. The summed E-state index contributed by atoms with van der Waals surface area (Å²) in [5.41, 5.74) is 2.65. The summed E-state index contributed by atoms with van der Waals surface area (Å²) in [5, 5.41) is 12.2. The zero-order valence-electron chi connectivity index (χ0n) is 11.5. The van der Waals surface area contributed by atoms with Crippen LogP contribution in [0.2, 0.25) is 0 Å². The topological polar surface area (TPSA) is 66.4 Å². The molecule has 20 heavy (non-hydrogen) atoms. The second-order valence-corrected chi connectivity index (χ2v) is 5.99. The van der Waals surface area contributed by atoms with Crippen molar-refractivity contribution >= 4 is 28.2 Å². The highest BCUT2D eigenvalue weighted by Gasteiger charge is 2.16. The number of thiophene rings is 1. The van der Waals surface area contributed by atoms with E-state index < -0.39 is 5.97 Å². The van der Waals surface area contributed by atoms with Crippen LogP contribution >= 0.6 is 11.3 Å². The number of aromatic carboxylic acids is 1. The van der Waals surface area contributed by atoms with E-state index in [1.54, 1.807) is 18.2 Å². The third-order valence-electron chi connectivity index (χ3n) is 2.80. The first-order chi connectivity index (χ1) is 9.36. The van der Waals surface area contributed by atoms with E-state index in [4.69, 9.17) is 5.11 Å². The largest absolute Gasteiger partial charge is 0.478 e. The number of carboxylic acid groups (broad SMARTS) is 1. The van der Waals surface area contributed by atoms with Gasteiger partial charge in [0, 0.05) is 10.4 Å². The first kappa shape index (κ1) is 14.3. The van der Waals surface area contributed by atoms with E-state index in [1.807, 2.05) is 26.8 Å². The molecule has 104 valence electrons. The minimum Gasteiger partial charge on any atom is -0.478 e. The van der Waals surface area contributed by atoms with E-state index in [9.17, 15) is 9.59 Å². The SMILES string of the molecule is Cc1cc(C)cc(C(=O)Nc2sc(C)cc2C(=O)O)c1. The van der Waals surface area contributed by atoms with Crippen molar-refractivity contribution in [2.75, 3.05) is 5.32 Å². The molecule has 2 N–H and O–H groups in total. The Balaban J connectivity index is 2.30. The van der Waals surface area contributed by atoms with Gasteiger partial charge in [0.25, 0.3) is 5.91 Å². The molecule has 0 radical (unpaired) electrons. The molecule has 2 aromatic rings. The van der Waals surface area contributed by atoms with Crippen LogP contribution in [0.15, 0.2) is 24.3 Å². The molecule has 2 rings (SSSR count). The number of nitrogens with one attached hydrogen (secondary N) is 1. The molecule has 1 heterocycles. The van der Waals surface area contributed by atoms with Gasteiger partial charge in [0.1, 0.15) is 5.00 Å². The van der Waals surface area contributed by atoms with Crippen LogP contribution in [-0.2, 0) is 0 Å². The summed E-state index contributed by atoms with van der Waals surface area (Å²) in [6.45, 7) is 5.65. The summed E-state index contributed by atoms with van der Waals surface area (Å²) in [7, 11) is 0. The molecule has 0 atom stereocenters. The smallest absolute Gasteiger partial charge is 0.338 e. The van der Waals surface area contributed by atoms with E-state index >= 15 is 0 Å². The van der Waals surface area contributed by atoms with E-state index in [-0.39, 0.29) is 11.5 Å². The second-order valence-electron chi connectivity index (χ2n) is 4.74. The Kier molecular flexibility index (Phi) is 3.90. The van der Waals surface area contributed by atoms with Crippen LogP contribution in [0, 0.1) is 20.8 Å². The van der Waals surface area contributed by atoms with Gasteiger partial charge in [0.05, 0.1) is 5.56 Å². The third kappa shape index (κ3) is 3.05. The molecule has 5 heteroatoms. The molecule has 0 aliphatic heterocycles. The summed E-state index contributed by atoms with van der Waals surface area (Å²) < 4.78 is 0. The quantitative estimate of drug-likeness (QED) is 0.906. The standard InChI is InChI=1S/C15H15NO3S/c1-8-4-9(2)6-11(5-8)13(17)16-14-12(15(18)19)7-10(3)20-14/h4-7H,1-3H3,(H,16,17)(H,18,19). The number of benzene rings is 1. The van der Waals surface area contributed by atoms with Gasteiger partial charge in [0.2, 0.25) is 0 Å². The lowest BCUT2D eigenvalue weighted by Gasteiger charge is -2.06. The molecule has 1 amide bonds. The molecule has 1 aromatic carbocycles. The number of carbonyl (C=O) groups excluding carboxylic acids is 1. The number of carboxylic acids is 1. The number of aryl methyl sites for hydroxylation is 3. The summed E-state index contributed by atoms with van der Waals surface area (Å²) in [4.78, 5) is 24.2. The average molecular weight is 289 g/mol. The van der Waals surface area contributed by atoms with Crippen LogP contribution in [0.3, 0.4) is 0 Å². The fourth-order valence-corrected chi connectivity index (χ4v) is 2.95. The molecule has 4 nitrogen and oxygen atoms in total. The zero-order valence-corrected chi connectivity index (χ0v) is 12.3. The molecular formula is C15H15NO3S. The number of carbonyl (C=O) groups is 2. The maximum absolute atomic E-state index is 12.2. The normalized spacial score (nSPS) is 10.3. The van der Waals surface area contributed by atoms with Crippen molar-refractivity contribution < 1.29 is 14.7 Å². The van der Waals surface area contributed by atoms with Crippen LogP contribution < -0.4 is 5.32 Å². The molecule has 0 fully saturated rings. The maximum Gasteiger partial charge on any atom is 0.338 e. The number of hydrogen-bond donors (Lipinski definition) is 2. The minimum absolute atomic E-state index is 0.130. The zero-order chi connectivity index (χ0) is 14.9. The van der Waals surface area contributed by atoms with Crippen molar-refractivity contribution in [3.8, 4) is 0 Å². The van der Waals surface area contributed by atoms with Crippen molar-refractivity contribution in [1.82, 2.24) is 0 Å². The van der Waals surface area contributed by atoms with Crippen molar-refractivity contribution in [3.05, 3.63) is 51.4 Å². The molecule has 0 aliphatic carbocycles. The molecule has 0 saturated heterocycles. The fraction of sp³-hybridized carbons (Fsp3) is 0.200. The van der Waals surface area contributed by atoms with Gasteiger partial charge in [-0.2, -0.15) is 0 Å². The number of rotatable bonds is 3. The predicted molar refractivity (Wildman–Crippen MR) is 79.9 cm³/mol. The summed E-state index contributed by atoms with van der Waals surface area (Å²) in [5.74, 6) is -1.33. The number of hydrogen-bond acceptors (Lipinski definition) is 3. The highest BCUT2D eigenvalue weighted by atomic mass is 32.1. The van der Waals surface area contributed by atoms with E-state index in [2.05, 4.69) is 5.32 Å². The summed E-state index contributed by atoms with van der Waals surface area (Å²) >= 11 is 1.26. The predicted octanol–water partition coefficient (Wildman–Crippen LogP) is 3.62. The molecular weight excluding hydrogens is 274 g/mol. The lowest BCUT2D eigenvalue weighted by Crippen LogP contribution is -2.13. The number of amides is 1. The second kappa shape index (κ2) is 5.46. The van der Waals surface area contributed by atoms with Gasteiger partial charge in [-0.25, -0.2) is 4.79 Å². The summed E-state index contributed by atoms with van der Waals surface area (Å²) in [6, 6.07) is 7.10. The molecule has 0 bridgehead atoms. The Bertz CT molecular complexity index is 668. The van der Waals surface area contributed by atoms with Crippen LogP contribution in [-0.4, -0.2) is 17.0 Å². The molecule has 0 saturated carbocycles. The van der Waals surface area contributed by atoms with Gasteiger partial charge in [-0.1, -0.05) is 17.2 Å². The van der Waals surface area contributed by atoms with E-state index in [1.165, 1.54) is 11.3 Å². The van der Waals surface area contributed by atoms with Gasteiger partial charge in [-0.3, -0.25) is 4.79 Å². The lowest BCUT2D eigenvalue weighted by molar-refractivity contribution is 0.0698. The average Bonchev–Trinajstić information content (AvgIpc) is 2.69. The van der Waals surface area contributed by atoms with Gasteiger partial charge in [-0.05, 0) is 39.0 Å². The van der Waals surface area contributed by atoms with Crippen LogP contribution in [0.5, 0.6) is 0 Å². The first-order valence-electron chi connectivity index (χ1n) is 6.10. The highest BCUT2D eigenvalue weighted by molar-refractivity contribution is 7.16. The van der Waals surface area contributed by atoms with Gasteiger partial charge in [-0.15, -0.1) is 11.3 Å².